The molecule has 0 spiro atoms. The molecule has 0 radical (unpaired) electrons. The highest BCUT2D eigenvalue weighted by molar-refractivity contribution is 6.04. The van der Waals surface area contributed by atoms with Crippen LogP contribution in [0.5, 0.6) is 0 Å². The third-order valence-corrected chi connectivity index (χ3v) is 3.97. The van der Waals surface area contributed by atoms with Gasteiger partial charge in [-0.15, -0.1) is 0 Å². The Hall–Kier alpha value is -3.35. The Bertz CT molecular complexity index is 1040. The van der Waals surface area contributed by atoms with Crippen molar-refractivity contribution in [1.29, 1.82) is 15.8 Å². The molecule has 3 rings (SSSR count). The third-order valence-electron chi connectivity index (χ3n) is 3.97. The molecule has 0 saturated carbocycles. The van der Waals surface area contributed by atoms with Gasteiger partial charge >= 0.3 is 0 Å². The zero-order valence-electron chi connectivity index (χ0n) is 12.0. The molecule has 0 aromatic heterocycles. The minimum Gasteiger partial charge on any atom is -0.192 e. The summed E-state index contributed by atoms with van der Waals surface area (Å²) in [5.41, 5.74) is 1.63. The summed E-state index contributed by atoms with van der Waals surface area (Å²) in [6.07, 6.45) is 0.637. The van der Waals surface area contributed by atoms with Crippen molar-refractivity contribution in [2.24, 2.45) is 0 Å². The van der Waals surface area contributed by atoms with Crippen molar-refractivity contribution in [3.05, 3.63) is 58.7 Å². The molecule has 3 aromatic rings. The zero-order chi connectivity index (χ0) is 15.7. The molecule has 0 N–H and O–H groups in total. The summed E-state index contributed by atoms with van der Waals surface area (Å²) < 4.78 is 0. The second kappa shape index (κ2) is 5.21. The van der Waals surface area contributed by atoms with Crippen LogP contribution in [0.15, 0.2) is 36.4 Å². The van der Waals surface area contributed by atoms with E-state index in [2.05, 4.69) is 12.1 Å². The van der Waals surface area contributed by atoms with Gasteiger partial charge in [-0.2, -0.15) is 15.8 Å². The second-order valence-corrected chi connectivity index (χ2v) is 5.04. The van der Waals surface area contributed by atoms with Crippen LogP contribution in [-0.2, 0) is 6.42 Å². The van der Waals surface area contributed by atoms with Gasteiger partial charge in [0.1, 0.15) is 18.2 Å². The van der Waals surface area contributed by atoms with Crippen molar-refractivity contribution >= 4 is 21.5 Å². The highest BCUT2D eigenvalue weighted by Crippen LogP contribution is 2.33. The van der Waals surface area contributed by atoms with Crippen LogP contribution in [0.2, 0.25) is 0 Å². The fourth-order valence-corrected chi connectivity index (χ4v) is 2.96. The molecule has 0 atom stereocenters. The summed E-state index contributed by atoms with van der Waals surface area (Å²) in [5.74, 6) is 0. The van der Waals surface area contributed by atoms with Crippen molar-refractivity contribution in [1.82, 2.24) is 0 Å². The maximum Gasteiger partial charge on any atom is 0.102 e. The molecular formula is C19H11N3. The van der Waals surface area contributed by atoms with Gasteiger partial charge in [0, 0.05) is 5.39 Å². The van der Waals surface area contributed by atoms with Crippen molar-refractivity contribution in [3.63, 3.8) is 0 Å². The van der Waals surface area contributed by atoms with Crippen LogP contribution >= 0.6 is 0 Å². The first-order valence-corrected chi connectivity index (χ1v) is 6.96. The van der Waals surface area contributed by atoms with Gasteiger partial charge in [-0.05, 0) is 40.3 Å². The van der Waals surface area contributed by atoms with Crippen LogP contribution in [0, 0.1) is 34.0 Å². The Kier molecular flexibility index (Phi) is 3.23. The van der Waals surface area contributed by atoms with Crippen LogP contribution < -0.4 is 0 Å². The van der Waals surface area contributed by atoms with E-state index in [1.807, 2.05) is 49.4 Å². The van der Waals surface area contributed by atoms with Gasteiger partial charge in [0.25, 0.3) is 0 Å². The molecule has 0 fully saturated rings. The first kappa shape index (κ1) is 13.6. The number of aryl methyl sites for hydroxylation is 1. The highest BCUT2D eigenvalue weighted by atomic mass is 14.3. The summed E-state index contributed by atoms with van der Waals surface area (Å²) in [4.78, 5) is 0. The van der Waals surface area contributed by atoms with Crippen LogP contribution in [0.25, 0.3) is 21.5 Å². The molecule has 0 aliphatic rings. The average molecular weight is 281 g/mol. The molecule has 0 saturated heterocycles. The minimum atomic E-state index is 0.185. The summed E-state index contributed by atoms with van der Waals surface area (Å²) in [7, 11) is 0. The summed E-state index contributed by atoms with van der Waals surface area (Å²) in [5, 5.41) is 32.0. The number of nitrogens with zero attached hydrogens (tertiary/aromatic N) is 3. The molecule has 102 valence electrons. The number of benzene rings is 3. The van der Waals surface area contributed by atoms with Gasteiger partial charge in [0.15, 0.2) is 0 Å². The van der Waals surface area contributed by atoms with E-state index < -0.39 is 0 Å². The van der Waals surface area contributed by atoms with Gasteiger partial charge in [-0.25, -0.2) is 0 Å². The summed E-state index contributed by atoms with van der Waals surface area (Å²) in [6, 6.07) is 18.1. The van der Waals surface area contributed by atoms with Crippen LogP contribution in [-0.4, -0.2) is 0 Å². The molecule has 22 heavy (non-hydrogen) atoms. The lowest BCUT2D eigenvalue weighted by atomic mass is 9.88. The number of rotatable bonds is 1. The topological polar surface area (TPSA) is 71.4 Å². The predicted molar refractivity (Wildman–Crippen MR) is 85.0 cm³/mol. The normalized spacial score (nSPS) is 10.1. The van der Waals surface area contributed by atoms with Crippen LogP contribution in [0.3, 0.4) is 0 Å². The molecular weight excluding hydrogens is 270 g/mol. The van der Waals surface area contributed by atoms with E-state index in [0.717, 1.165) is 27.1 Å². The first-order chi connectivity index (χ1) is 10.7. The second-order valence-electron chi connectivity index (χ2n) is 5.04. The van der Waals surface area contributed by atoms with Crippen molar-refractivity contribution < 1.29 is 0 Å². The SMILES string of the molecule is CCc1c(C#N)c(C#N)c(C#N)c2cc3ccccc3cc12. The van der Waals surface area contributed by atoms with Gasteiger partial charge < -0.3 is 0 Å². The van der Waals surface area contributed by atoms with Crippen molar-refractivity contribution in [2.75, 3.05) is 0 Å². The Labute approximate surface area is 128 Å². The molecule has 0 heterocycles. The van der Waals surface area contributed by atoms with Crippen molar-refractivity contribution in [3.8, 4) is 18.2 Å². The minimum absolute atomic E-state index is 0.185. The predicted octanol–water partition coefficient (Wildman–Crippen LogP) is 4.17. The highest BCUT2D eigenvalue weighted by Gasteiger charge is 2.18. The lowest BCUT2D eigenvalue weighted by Crippen LogP contribution is -1.99. The Morgan fingerprint density at radius 2 is 1.32 bits per heavy atom. The number of nitriles is 3. The monoisotopic (exact) mass is 281 g/mol. The van der Waals surface area contributed by atoms with Crippen molar-refractivity contribution in [2.45, 2.75) is 13.3 Å². The largest absolute Gasteiger partial charge is 0.192 e. The van der Waals surface area contributed by atoms with Gasteiger partial charge in [0.05, 0.1) is 16.7 Å². The Morgan fingerprint density at radius 3 is 1.82 bits per heavy atom. The van der Waals surface area contributed by atoms with E-state index in [1.165, 1.54) is 0 Å². The molecule has 3 nitrogen and oxygen atoms in total. The zero-order valence-corrected chi connectivity index (χ0v) is 12.0. The maximum absolute atomic E-state index is 9.49. The maximum atomic E-state index is 9.49. The van der Waals surface area contributed by atoms with E-state index in [-0.39, 0.29) is 11.1 Å². The number of hydrogen-bond acceptors (Lipinski definition) is 3. The summed E-state index contributed by atoms with van der Waals surface area (Å²) >= 11 is 0. The first-order valence-electron chi connectivity index (χ1n) is 6.96. The van der Waals surface area contributed by atoms with E-state index in [9.17, 15) is 15.8 Å². The molecule has 3 aromatic carbocycles. The smallest absolute Gasteiger partial charge is 0.102 e. The number of hydrogen-bond donors (Lipinski definition) is 0. The average Bonchev–Trinajstić information content (AvgIpc) is 2.57. The summed E-state index contributed by atoms with van der Waals surface area (Å²) in [6.45, 7) is 1.96. The quantitative estimate of drug-likeness (QED) is 0.628. The van der Waals surface area contributed by atoms with Crippen LogP contribution in [0.1, 0.15) is 29.2 Å². The van der Waals surface area contributed by atoms with E-state index in [1.54, 1.807) is 0 Å². The molecule has 0 aliphatic heterocycles. The molecule has 0 unspecified atom stereocenters. The number of fused-ring (bicyclic) bond motifs is 2. The van der Waals surface area contributed by atoms with Crippen LogP contribution in [0.4, 0.5) is 0 Å². The molecule has 3 heteroatoms. The lowest BCUT2D eigenvalue weighted by molar-refractivity contribution is 1.14. The standard InChI is InChI=1S/C19H11N3/c1-2-14-15-7-12-5-3-4-6-13(12)8-16(15)18(10-21)19(11-22)17(14)9-20/h3-8H,2H2,1H3. The lowest BCUT2D eigenvalue weighted by Gasteiger charge is -2.12. The van der Waals surface area contributed by atoms with Gasteiger partial charge in [-0.1, -0.05) is 31.2 Å². The Morgan fingerprint density at radius 1 is 0.773 bits per heavy atom. The third kappa shape index (κ3) is 1.80. The van der Waals surface area contributed by atoms with E-state index >= 15 is 0 Å². The van der Waals surface area contributed by atoms with Gasteiger partial charge in [0.2, 0.25) is 0 Å². The fraction of sp³-hybridized carbons (Fsp3) is 0.105. The molecule has 0 bridgehead atoms. The Balaban J connectivity index is 2.65. The molecule has 0 amide bonds. The molecule has 0 aliphatic carbocycles. The van der Waals surface area contributed by atoms with Gasteiger partial charge in [-0.3, -0.25) is 0 Å². The van der Waals surface area contributed by atoms with E-state index in [0.29, 0.717) is 12.0 Å². The van der Waals surface area contributed by atoms with E-state index in [4.69, 9.17) is 0 Å². The fourth-order valence-electron chi connectivity index (χ4n) is 2.96.